The molecule has 0 unspecified atom stereocenters. The Kier molecular flexibility index (Phi) is 4.71. The predicted molar refractivity (Wildman–Crippen MR) is 85.0 cm³/mol. The van der Waals surface area contributed by atoms with Crippen LogP contribution in [0, 0.1) is 18.6 Å². The molecule has 1 atom stereocenters. The quantitative estimate of drug-likeness (QED) is 0.680. The fourth-order valence-electron chi connectivity index (χ4n) is 2.24. The number of rotatable bonds is 5. The summed E-state index contributed by atoms with van der Waals surface area (Å²) in [6.07, 6.45) is 0. The minimum absolute atomic E-state index is 0.154. The molecule has 0 bridgehead atoms. The van der Waals surface area contributed by atoms with Gasteiger partial charge in [-0.15, -0.1) is 22.0 Å². The molecule has 0 aliphatic carbocycles. The molecule has 0 aliphatic rings. The van der Waals surface area contributed by atoms with Crippen molar-refractivity contribution in [2.45, 2.75) is 17.9 Å². The highest BCUT2D eigenvalue weighted by Gasteiger charge is 2.18. The van der Waals surface area contributed by atoms with Gasteiger partial charge in [0.05, 0.1) is 11.0 Å². The highest BCUT2D eigenvalue weighted by Crippen LogP contribution is 2.37. The molecule has 3 rings (SSSR count). The zero-order valence-corrected chi connectivity index (χ0v) is 13.2. The van der Waals surface area contributed by atoms with Crippen molar-refractivity contribution < 1.29 is 13.2 Å². The van der Waals surface area contributed by atoms with Crippen LogP contribution in [0.25, 0.3) is 0 Å². The van der Waals surface area contributed by atoms with E-state index in [2.05, 4.69) is 10.2 Å². The molecule has 0 amide bonds. The van der Waals surface area contributed by atoms with Crippen LogP contribution in [0.5, 0.6) is 0 Å². The molecule has 0 radical (unpaired) electrons. The van der Waals surface area contributed by atoms with E-state index in [1.807, 2.05) is 30.3 Å². The molecule has 3 nitrogen and oxygen atoms in total. The van der Waals surface area contributed by atoms with Gasteiger partial charge in [0.15, 0.2) is 11.6 Å². The topological polar surface area (TPSA) is 38.9 Å². The molecule has 0 saturated carbocycles. The average molecular weight is 332 g/mol. The van der Waals surface area contributed by atoms with E-state index in [0.717, 1.165) is 11.6 Å². The average Bonchev–Trinajstić information content (AvgIpc) is 2.97. The SMILES string of the molecule is Cc1nnc(CS[C@@H](c2ccccc2)c2ccc(F)c(F)c2)o1. The number of nitrogens with zero attached hydrogens (tertiary/aromatic N) is 2. The molecule has 118 valence electrons. The van der Waals surface area contributed by atoms with E-state index in [0.29, 0.717) is 23.1 Å². The highest BCUT2D eigenvalue weighted by molar-refractivity contribution is 7.98. The van der Waals surface area contributed by atoms with Crippen molar-refractivity contribution in [2.75, 3.05) is 0 Å². The summed E-state index contributed by atoms with van der Waals surface area (Å²) in [4.78, 5) is 0. The summed E-state index contributed by atoms with van der Waals surface area (Å²) in [5, 5.41) is 7.61. The largest absolute Gasteiger partial charge is 0.425 e. The van der Waals surface area contributed by atoms with Crippen molar-refractivity contribution in [3.8, 4) is 0 Å². The first-order chi connectivity index (χ1) is 11.1. The van der Waals surface area contributed by atoms with Crippen molar-refractivity contribution in [2.24, 2.45) is 0 Å². The second-order valence-corrected chi connectivity index (χ2v) is 6.08. The fraction of sp³-hybridized carbons (Fsp3) is 0.176. The Labute approximate surface area is 136 Å². The van der Waals surface area contributed by atoms with Crippen LogP contribution in [0.3, 0.4) is 0 Å². The molecule has 0 aliphatic heterocycles. The molecule has 1 aromatic heterocycles. The molecule has 0 N–H and O–H groups in total. The number of aryl methyl sites for hydroxylation is 1. The van der Waals surface area contributed by atoms with Gasteiger partial charge in [-0.1, -0.05) is 36.4 Å². The van der Waals surface area contributed by atoms with Gasteiger partial charge in [0.1, 0.15) is 0 Å². The van der Waals surface area contributed by atoms with Gasteiger partial charge in [0, 0.05) is 6.92 Å². The molecular formula is C17H14F2N2OS. The lowest BCUT2D eigenvalue weighted by molar-refractivity contribution is 0.485. The van der Waals surface area contributed by atoms with E-state index in [4.69, 9.17) is 4.42 Å². The van der Waals surface area contributed by atoms with E-state index < -0.39 is 11.6 Å². The Balaban J connectivity index is 1.88. The molecule has 6 heteroatoms. The number of hydrogen-bond acceptors (Lipinski definition) is 4. The van der Waals surface area contributed by atoms with Crippen LogP contribution < -0.4 is 0 Å². The predicted octanol–water partition coefficient (Wildman–Crippen LogP) is 4.68. The first kappa shape index (κ1) is 15.7. The lowest BCUT2D eigenvalue weighted by atomic mass is 10.0. The minimum atomic E-state index is -0.849. The van der Waals surface area contributed by atoms with Crippen LogP contribution >= 0.6 is 11.8 Å². The maximum absolute atomic E-state index is 13.6. The lowest BCUT2D eigenvalue weighted by Gasteiger charge is -2.17. The van der Waals surface area contributed by atoms with Crippen LogP contribution in [-0.4, -0.2) is 10.2 Å². The van der Waals surface area contributed by atoms with Crippen molar-refractivity contribution >= 4 is 11.8 Å². The van der Waals surface area contributed by atoms with Crippen molar-refractivity contribution in [3.63, 3.8) is 0 Å². The first-order valence-corrected chi connectivity index (χ1v) is 8.09. The maximum atomic E-state index is 13.6. The zero-order chi connectivity index (χ0) is 16.2. The number of halogens is 2. The molecule has 1 heterocycles. The number of benzene rings is 2. The van der Waals surface area contributed by atoms with Gasteiger partial charge < -0.3 is 4.42 Å². The Morgan fingerprint density at radius 2 is 1.78 bits per heavy atom. The molecule has 0 saturated heterocycles. The van der Waals surface area contributed by atoms with E-state index in [1.165, 1.54) is 17.8 Å². The molecule has 0 fully saturated rings. The summed E-state index contributed by atoms with van der Waals surface area (Å²) in [7, 11) is 0. The van der Waals surface area contributed by atoms with Crippen LogP contribution in [0.2, 0.25) is 0 Å². The number of aromatic nitrogens is 2. The van der Waals surface area contributed by atoms with Crippen LogP contribution in [0.15, 0.2) is 52.9 Å². The number of hydrogen-bond donors (Lipinski definition) is 0. The molecular weight excluding hydrogens is 318 g/mol. The second-order valence-electron chi connectivity index (χ2n) is 4.99. The van der Waals surface area contributed by atoms with Crippen LogP contribution in [-0.2, 0) is 5.75 Å². The molecule has 23 heavy (non-hydrogen) atoms. The van der Waals surface area contributed by atoms with E-state index in [9.17, 15) is 8.78 Å². The third-order valence-corrected chi connectivity index (χ3v) is 4.58. The third kappa shape index (κ3) is 3.76. The summed E-state index contributed by atoms with van der Waals surface area (Å²) in [6, 6.07) is 13.6. The molecule has 2 aromatic carbocycles. The van der Waals surface area contributed by atoms with Gasteiger partial charge in [0.25, 0.3) is 0 Å². The van der Waals surface area contributed by atoms with Crippen molar-refractivity contribution in [1.82, 2.24) is 10.2 Å². The minimum Gasteiger partial charge on any atom is -0.425 e. The van der Waals surface area contributed by atoms with E-state index >= 15 is 0 Å². The summed E-state index contributed by atoms with van der Waals surface area (Å²) >= 11 is 1.52. The second kappa shape index (κ2) is 6.91. The normalized spacial score (nSPS) is 12.3. The van der Waals surface area contributed by atoms with E-state index in [-0.39, 0.29) is 5.25 Å². The zero-order valence-electron chi connectivity index (χ0n) is 12.4. The molecule has 0 spiro atoms. The van der Waals surface area contributed by atoms with Gasteiger partial charge in [0.2, 0.25) is 11.8 Å². The Morgan fingerprint density at radius 3 is 2.43 bits per heavy atom. The van der Waals surface area contributed by atoms with Gasteiger partial charge in [-0.05, 0) is 23.3 Å². The Hall–Kier alpha value is -2.21. The van der Waals surface area contributed by atoms with Crippen molar-refractivity contribution in [1.29, 1.82) is 0 Å². The summed E-state index contributed by atoms with van der Waals surface area (Å²) < 4.78 is 32.2. The maximum Gasteiger partial charge on any atom is 0.226 e. The lowest BCUT2D eigenvalue weighted by Crippen LogP contribution is -1.99. The first-order valence-electron chi connectivity index (χ1n) is 7.04. The summed E-state index contributed by atoms with van der Waals surface area (Å²) in [5.41, 5.74) is 1.69. The standard InChI is InChI=1S/C17H14F2N2OS/c1-11-20-21-16(22-11)10-23-17(12-5-3-2-4-6-12)13-7-8-14(18)15(19)9-13/h2-9,17H,10H2,1H3/t17-/m0/s1. The monoisotopic (exact) mass is 332 g/mol. The van der Waals surface area contributed by atoms with Gasteiger partial charge in [-0.3, -0.25) is 0 Å². The fourth-order valence-corrected chi connectivity index (χ4v) is 3.35. The van der Waals surface area contributed by atoms with E-state index in [1.54, 1.807) is 13.0 Å². The summed E-state index contributed by atoms with van der Waals surface area (Å²) in [5.74, 6) is -0.198. The molecule has 3 aromatic rings. The van der Waals surface area contributed by atoms with Gasteiger partial charge in [-0.2, -0.15) is 0 Å². The van der Waals surface area contributed by atoms with Crippen LogP contribution in [0.4, 0.5) is 8.78 Å². The van der Waals surface area contributed by atoms with Gasteiger partial charge >= 0.3 is 0 Å². The Bertz CT molecular complexity index is 792. The summed E-state index contributed by atoms with van der Waals surface area (Å²) in [6.45, 7) is 1.73. The number of thioether (sulfide) groups is 1. The highest BCUT2D eigenvalue weighted by atomic mass is 32.2. The third-order valence-electron chi connectivity index (χ3n) is 3.29. The Morgan fingerprint density at radius 1 is 1.00 bits per heavy atom. The van der Waals surface area contributed by atoms with Gasteiger partial charge in [-0.25, -0.2) is 8.78 Å². The van der Waals surface area contributed by atoms with Crippen LogP contribution in [0.1, 0.15) is 28.2 Å². The smallest absolute Gasteiger partial charge is 0.226 e. The van der Waals surface area contributed by atoms with Crippen molar-refractivity contribution in [3.05, 3.63) is 83.1 Å².